The number of nitrogens with zero attached hydrogens (tertiary/aromatic N) is 1. The van der Waals surface area contributed by atoms with Crippen molar-refractivity contribution in [3.05, 3.63) is 30.3 Å². The first kappa shape index (κ1) is 9.51. The monoisotopic (exact) mass is 205 g/mol. The van der Waals surface area contributed by atoms with Crippen molar-refractivity contribution in [3.8, 4) is 0 Å². The molecule has 0 aromatic heterocycles. The zero-order chi connectivity index (χ0) is 10.8. The second-order valence-electron chi connectivity index (χ2n) is 3.29. The van der Waals surface area contributed by atoms with Gasteiger partial charge in [-0.3, -0.25) is 0 Å². The fraction of sp³-hybridized carbons (Fsp3) is 0.200. The number of nitrogens with one attached hydrogen (secondary N) is 2. The summed E-state index contributed by atoms with van der Waals surface area (Å²) in [6.45, 7) is 1.71. The lowest BCUT2D eigenvalue weighted by Gasteiger charge is -2.30. The minimum absolute atomic E-state index is 0.329. The summed E-state index contributed by atoms with van der Waals surface area (Å²) in [7, 11) is 0. The van der Waals surface area contributed by atoms with Crippen LogP contribution in [-0.4, -0.2) is 18.2 Å². The molecule has 4 amide bonds. The quantitative estimate of drug-likeness (QED) is 0.725. The number of amides is 4. The van der Waals surface area contributed by atoms with Gasteiger partial charge < -0.3 is 10.6 Å². The number of benzene rings is 1. The number of urea groups is 2. The molecule has 1 aromatic carbocycles. The molecule has 0 bridgehead atoms. The molecule has 15 heavy (non-hydrogen) atoms. The van der Waals surface area contributed by atoms with E-state index >= 15 is 0 Å². The van der Waals surface area contributed by atoms with Crippen LogP contribution in [0.4, 0.5) is 15.3 Å². The van der Waals surface area contributed by atoms with Gasteiger partial charge in [-0.1, -0.05) is 18.2 Å². The van der Waals surface area contributed by atoms with Crippen molar-refractivity contribution in [2.45, 2.75) is 13.1 Å². The lowest BCUT2D eigenvalue weighted by molar-refractivity contribution is 0.219. The Balaban J connectivity index is 2.29. The van der Waals surface area contributed by atoms with Crippen molar-refractivity contribution in [3.63, 3.8) is 0 Å². The molecule has 2 rings (SSSR count). The van der Waals surface area contributed by atoms with Crippen LogP contribution in [0, 0.1) is 0 Å². The first-order valence-electron chi connectivity index (χ1n) is 4.64. The van der Waals surface area contributed by atoms with Gasteiger partial charge in [0.2, 0.25) is 0 Å². The molecule has 0 atom stereocenters. The van der Waals surface area contributed by atoms with Gasteiger partial charge in [-0.15, -0.1) is 0 Å². The van der Waals surface area contributed by atoms with Gasteiger partial charge >= 0.3 is 12.1 Å². The Morgan fingerprint density at radius 3 is 2.13 bits per heavy atom. The van der Waals surface area contributed by atoms with Gasteiger partial charge in [0.15, 0.2) is 0 Å². The largest absolute Gasteiger partial charge is 0.331 e. The van der Waals surface area contributed by atoms with Crippen LogP contribution in [0.25, 0.3) is 0 Å². The predicted octanol–water partition coefficient (Wildman–Crippen LogP) is 1.27. The van der Waals surface area contributed by atoms with Crippen molar-refractivity contribution in [2.24, 2.45) is 0 Å². The smallest absolute Gasteiger partial charge is 0.317 e. The number of hydrogen-bond donors (Lipinski definition) is 2. The van der Waals surface area contributed by atoms with Gasteiger partial charge in [-0.05, 0) is 19.1 Å². The number of rotatable bonds is 1. The molecule has 0 unspecified atom stereocenters. The molecule has 0 saturated carbocycles. The van der Waals surface area contributed by atoms with E-state index < -0.39 is 12.1 Å². The summed E-state index contributed by atoms with van der Waals surface area (Å²) in [6.07, 6.45) is -0.329. The number of imide groups is 1. The first-order chi connectivity index (χ1) is 7.18. The minimum atomic E-state index is -0.405. The number of carbonyl (C=O) groups excluding carboxylic acids is 2. The SMILES string of the molecule is CC1NC(=O)N(c2ccccc2)C(=O)N1. The van der Waals surface area contributed by atoms with Crippen LogP contribution in [0.5, 0.6) is 0 Å². The lowest BCUT2D eigenvalue weighted by Crippen LogP contribution is -2.62. The third-order valence-electron chi connectivity index (χ3n) is 2.10. The standard InChI is InChI=1S/C10H11N3O2/c1-7-11-9(14)13(10(15)12-7)8-5-3-2-4-6-8/h2-7H,1H3,(H,11,14)(H,12,15). The van der Waals surface area contributed by atoms with Crippen LogP contribution in [0.15, 0.2) is 30.3 Å². The highest BCUT2D eigenvalue weighted by Gasteiger charge is 2.30. The van der Waals surface area contributed by atoms with Crippen LogP contribution < -0.4 is 15.5 Å². The van der Waals surface area contributed by atoms with Gasteiger partial charge in [0.1, 0.15) is 6.17 Å². The molecule has 1 heterocycles. The highest BCUT2D eigenvalue weighted by Crippen LogP contribution is 2.15. The maximum Gasteiger partial charge on any atom is 0.331 e. The van der Waals surface area contributed by atoms with E-state index in [4.69, 9.17) is 0 Å². The number of hydrogen-bond acceptors (Lipinski definition) is 2. The maximum absolute atomic E-state index is 11.6. The maximum atomic E-state index is 11.6. The average molecular weight is 205 g/mol. The Morgan fingerprint density at radius 2 is 1.60 bits per heavy atom. The predicted molar refractivity (Wildman–Crippen MR) is 55.4 cm³/mol. The molecule has 5 nitrogen and oxygen atoms in total. The summed E-state index contributed by atoms with van der Waals surface area (Å²) in [4.78, 5) is 24.2. The Morgan fingerprint density at radius 1 is 1.07 bits per heavy atom. The summed E-state index contributed by atoms with van der Waals surface area (Å²) < 4.78 is 0. The molecular weight excluding hydrogens is 194 g/mol. The van der Waals surface area contributed by atoms with Crippen molar-refractivity contribution in [1.29, 1.82) is 0 Å². The highest BCUT2D eigenvalue weighted by atomic mass is 16.2. The third kappa shape index (κ3) is 1.76. The summed E-state index contributed by atoms with van der Waals surface area (Å²) in [5.74, 6) is 0. The second kappa shape index (κ2) is 3.61. The fourth-order valence-electron chi connectivity index (χ4n) is 1.44. The van der Waals surface area contributed by atoms with Crippen molar-refractivity contribution in [2.75, 3.05) is 4.90 Å². The molecular formula is C10H11N3O2. The zero-order valence-corrected chi connectivity index (χ0v) is 8.23. The first-order valence-corrected chi connectivity index (χ1v) is 4.64. The molecule has 2 N–H and O–H groups in total. The van der Waals surface area contributed by atoms with Gasteiger partial charge in [-0.25, -0.2) is 14.5 Å². The van der Waals surface area contributed by atoms with Crippen LogP contribution >= 0.6 is 0 Å². The van der Waals surface area contributed by atoms with Crippen molar-refractivity contribution in [1.82, 2.24) is 10.6 Å². The number of carbonyl (C=O) groups is 2. The molecule has 1 aromatic rings. The fourth-order valence-corrected chi connectivity index (χ4v) is 1.44. The van der Waals surface area contributed by atoms with E-state index in [2.05, 4.69) is 10.6 Å². The normalized spacial score (nSPS) is 17.3. The average Bonchev–Trinajstić information content (AvgIpc) is 2.17. The molecule has 1 fully saturated rings. The molecule has 0 spiro atoms. The number of para-hydroxylation sites is 1. The minimum Gasteiger partial charge on any atom is -0.317 e. The molecule has 0 aliphatic carbocycles. The summed E-state index contributed by atoms with van der Waals surface area (Å²) >= 11 is 0. The molecule has 5 heteroatoms. The van der Waals surface area contributed by atoms with Crippen LogP contribution in [0.1, 0.15) is 6.92 Å². The van der Waals surface area contributed by atoms with E-state index in [-0.39, 0.29) is 6.17 Å². The summed E-state index contributed by atoms with van der Waals surface area (Å²) in [5, 5.41) is 5.23. The van der Waals surface area contributed by atoms with Crippen molar-refractivity contribution < 1.29 is 9.59 Å². The third-order valence-corrected chi connectivity index (χ3v) is 2.10. The number of anilines is 1. The van der Waals surface area contributed by atoms with E-state index in [1.807, 2.05) is 6.07 Å². The highest BCUT2D eigenvalue weighted by molar-refractivity contribution is 6.15. The molecule has 1 aliphatic rings. The molecule has 0 radical (unpaired) electrons. The van der Waals surface area contributed by atoms with Gasteiger partial charge in [0, 0.05) is 0 Å². The molecule has 78 valence electrons. The van der Waals surface area contributed by atoms with Gasteiger partial charge in [-0.2, -0.15) is 0 Å². The molecule has 1 aliphatic heterocycles. The van der Waals surface area contributed by atoms with E-state index in [1.165, 1.54) is 0 Å². The Kier molecular flexibility index (Phi) is 2.29. The van der Waals surface area contributed by atoms with Crippen LogP contribution in [0.3, 0.4) is 0 Å². The summed E-state index contributed by atoms with van der Waals surface area (Å²) in [6, 6.07) is 7.97. The van der Waals surface area contributed by atoms with Crippen LogP contribution in [0.2, 0.25) is 0 Å². The van der Waals surface area contributed by atoms with E-state index in [1.54, 1.807) is 31.2 Å². The Labute approximate surface area is 87.1 Å². The second-order valence-corrected chi connectivity index (χ2v) is 3.29. The van der Waals surface area contributed by atoms with Crippen LogP contribution in [-0.2, 0) is 0 Å². The van der Waals surface area contributed by atoms with E-state index in [0.717, 1.165) is 4.90 Å². The summed E-state index contributed by atoms with van der Waals surface area (Å²) in [5.41, 5.74) is 0.555. The van der Waals surface area contributed by atoms with Gasteiger partial charge in [0.25, 0.3) is 0 Å². The van der Waals surface area contributed by atoms with Crippen molar-refractivity contribution >= 4 is 17.7 Å². The Hall–Kier alpha value is -2.04. The molecule has 1 saturated heterocycles. The van der Waals surface area contributed by atoms with E-state index in [9.17, 15) is 9.59 Å². The zero-order valence-electron chi connectivity index (χ0n) is 8.23. The topological polar surface area (TPSA) is 61.4 Å². The lowest BCUT2D eigenvalue weighted by atomic mass is 10.3. The van der Waals surface area contributed by atoms with Gasteiger partial charge in [0.05, 0.1) is 5.69 Å². The van der Waals surface area contributed by atoms with E-state index in [0.29, 0.717) is 5.69 Å². The Bertz CT molecular complexity index is 373.